The van der Waals surface area contributed by atoms with Crippen LogP contribution in [-0.2, 0) is 12.8 Å². The Hall–Kier alpha value is -0.410. The molecule has 1 fully saturated rings. The topological polar surface area (TPSA) is 69.5 Å². The molecule has 0 saturated heterocycles. The van der Waals surface area contributed by atoms with Crippen LogP contribution in [0.2, 0.25) is 0 Å². The second-order valence-corrected chi connectivity index (χ2v) is 7.41. The maximum Gasteiger partial charge on any atom is 0.191 e. The van der Waals surface area contributed by atoms with Gasteiger partial charge >= 0.3 is 0 Å². The molecule has 1 aliphatic carbocycles. The molecule has 7 heteroatoms. The van der Waals surface area contributed by atoms with E-state index in [1.807, 2.05) is 0 Å². The van der Waals surface area contributed by atoms with Crippen LogP contribution in [0, 0.1) is 6.92 Å². The lowest BCUT2D eigenvalue weighted by molar-refractivity contribution is 0.120. The molecule has 1 aromatic heterocycles. The van der Waals surface area contributed by atoms with Crippen molar-refractivity contribution in [2.45, 2.75) is 71.4 Å². The molecule has 0 unspecified atom stereocenters. The van der Waals surface area contributed by atoms with Gasteiger partial charge in [-0.15, -0.1) is 35.3 Å². The highest BCUT2D eigenvalue weighted by Crippen LogP contribution is 2.19. The fraction of sp³-hybridized carbons (Fsp3) is 0.765. The number of aryl methyl sites for hydroxylation is 2. The second kappa shape index (κ2) is 11.3. The van der Waals surface area contributed by atoms with Crippen LogP contribution in [0.4, 0.5) is 0 Å². The highest BCUT2D eigenvalue weighted by Gasteiger charge is 2.19. The summed E-state index contributed by atoms with van der Waals surface area (Å²) < 4.78 is 0. The van der Waals surface area contributed by atoms with Crippen LogP contribution in [-0.4, -0.2) is 41.3 Å². The predicted molar refractivity (Wildman–Crippen MR) is 113 cm³/mol. The zero-order valence-corrected chi connectivity index (χ0v) is 18.1. The molecule has 138 valence electrons. The minimum Gasteiger partial charge on any atom is -0.393 e. The van der Waals surface area contributed by atoms with Crippen LogP contribution in [0.1, 0.15) is 55.1 Å². The average Bonchev–Trinajstić information content (AvgIpc) is 2.89. The molecule has 5 nitrogen and oxygen atoms in total. The van der Waals surface area contributed by atoms with Gasteiger partial charge in [0.15, 0.2) is 5.96 Å². The molecule has 2 rings (SSSR count). The standard InChI is InChI=1S/C17H30N4OS.HI/c1-4-15-12(3)23-16(21-15)10-11-19-17(18-5-2)20-13-6-8-14(22)9-7-13;/h13-14,22H,4-11H2,1-3H3,(H2,18,19,20);1H. The van der Waals surface area contributed by atoms with Crippen molar-refractivity contribution in [2.24, 2.45) is 4.99 Å². The van der Waals surface area contributed by atoms with Crippen molar-refractivity contribution in [1.82, 2.24) is 15.6 Å². The first-order valence-corrected chi connectivity index (χ1v) is 9.62. The van der Waals surface area contributed by atoms with Gasteiger partial charge < -0.3 is 15.7 Å². The summed E-state index contributed by atoms with van der Waals surface area (Å²) in [5.74, 6) is 0.887. The van der Waals surface area contributed by atoms with Crippen molar-refractivity contribution in [1.29, 1.82) is 0 Å². The van der Waals surface area contributed by atoms with E-state index in [9.17, 15) is 5.11 Å². The first-order valence-electron chi connectivity index (χ1n) is 8.80. The number of aliphatic imine (C=N–C) groups is 1. The Morgan fingerprint density at radius 1 is 1.29 bits per heavy atom. The molecule has 0 amide bonds. The summed E-state index contributed by atoms with van der Waals surface area (Å²) >= 11 is 1.79. The minimum atomic E-state index is -0.117. The Bertz CT molecular complexity index is 513. The van der Waals surface area contributed by atoms with E-state index in [2.05, 4.69) is 41.4 Å². The number of halogens is 1. The minimum absolute atomic E-state index is 0. The van der Waals surface area contributed by atoms with E-state index in [1.165, 1.54) is 15.6 Å². The number of rotatable bonds is 6. The van der Waals surface area contributed by atoms with Gasteiger partial charge in [-0.1, -0.05) is 6.92 Å². The van der Waals surface area contributed by atoms with E-state index in [0.717, 1.165) is 57.6 Å². The third kappa shape index (κ3) is 6.84. The highest BCUT2D eigenvalue weighted by atomic mass is 127. The molecular formula is C17H31IN4OS. The fourth-order valence-corrected chi connectivity index (χ4v) is 3.93. The van der Waals surface area contributed by atoms with E-state index in [1.54, 1.807) is 11.3 Å². The third-order valence-corrected chi connectivity index (χ3v) is 5.32. The highest BCUT2D eigenvalue weighted by molar-refractivity contribution is 14.0. The molecule has 0 aromatic carbocycles. The molecule has 1 saturated carbocycles. The second-order valence-electron chi connectivity index (χ2n) is 6.12. The SMILES string of the molecule is CCNC(=NCCc1nc(CC)c(C)s1)NC1CCC(O)CC1.I. The Morgan fingerprint density at radius 3 is 2.58 bits per heavy atom. The van der Waals surface area contributed by atoms with Gasteiger partial charge in [-0.25, -0.2) is 4.98 Å². The zero-order chi connectivity index (χ0) is 16.7. The van der Waals surface area contributed by atoms with E-state index in [0.29, 0.717) is 6.04 Å². The Balaban J connectivity index is 0.00000288. The molecule has 1 heterocycles. The molecule has 0 spiro atoms. The van der Waals surface area contributed by atoms with Crippen LogP contribution < -0.4 is 10.6 Å². The summed E-state index contributed by atoms with van der Waals surface area (Å²) in [4.78, 5) is 10.7. The number of hydrogen-bond donors (Lipinski definition) is 3. The van der Waals surface area contributed by atoms with Crippen molar-refractivity contribution in [3.8, 4) is 0 Å². The van der Waals surface area contributed by atoms with E-state index >= 15 is 0 Å². The van der Waals surface area contributed by atoms with E-state index < -0.39 is 0 Å². The van der Waals surface area contributed by atoms with Gasteiger partial charge in [0.05, 0.1) is 16.8 Å². The first kappa shape index (κ1) is 21.6. The van der Waals surface area contributed by atoms with Crippen molar-refractivity contribution in [3.05, 3.63) is 15.6 Å². The normalized spacial score (nSPS) is 21.2. The van der Waals surface area contributed by atoms with Crippen LogP contribution >= 0.6 is 35.3 Å². The van der Waals surface area contributed by atoms with Gasteiger partial charge in [-0.2, -0.15) is 0 Å². The smallest absolute Gasteiger partial charge is 0.191 e. The maximum absolute atomic E-state index is 9.60. The number of guanidine groups is 1. The van der Waals surface area contributed by atoms with Crippen molar-refractivity contribution in [3.63, 3.8) is 0 Å². The molecule has 1 aromatic rings. The van der Waals surface area contributed by atoms with Crippen molar-refractivity contribution in [2.75, 3.05) is 13.1 Å². The van der Waals surface area contributed by atoms with Gasteiger partial charge in [-0.05, 0) is 46.0 Å². The largest absolute Gasteiger partial charge is 0.393 e. The molecule has 0 atom stereocenters. The van der Waals surface area contributed by atoms with Crippen molar-refractivity contribution < 1.29 is 5.11 Å². The molecule has 0 radical (unpaired) electrons. The molecular weight excluding hydrogens is 435 g/mol. The Kier molecular flexibility index (Phi) is 10.1. The van der Waals surface area contributed by atoms with Crippen LogP contribution in [0.15, 0.2) is 4.99 Å². The quantitative estimate of drug-likeness (QED) is 0.343. The summed E-state index contributed by atoms with van der Waals surface area (Å²) in [6.45, 7) is 7.99. The lowest BCUT2D eigenvalue weighted by Gasteiger charge is -2.27. The number of aliphatic hydroxyl groups is 1. The third-order valence-electron chi connectivity index (χ3n) is 4.25. The van der Waals surface area contributed by atoms with Gasteiger partial charge in [-0.3, -0.25) is 4.99 Å². The Morgan fingerprint density at radius 2 is 2.00 bits per heavy atom. The lowest BCUT2D eigenvalue weighted by Crippen LogP contribution is -2.45. The molecule has 1 aliphatic rings. The molecule has 0 bridgehead atoms. The molecule has 24 heavy (non-hydrogen) atoms. The molecule has 3 N–H and O–H groups in total. The number of thiazole rings is 1. The first-order chi connectivity index (χ1) is 11.1. The van der Waals surface area contributed by atoms with Crippen molar-refractivity contribution >= 4 is 41.3 Å². The number of hydrogen-bond acceptors (Lipinski definition) is 4. The summed E-state index contributed by atoms with van der Waals surface area (Å²) in [5.41, 5.74) is 1.22. The number of aliphatic hydroxyl groups excluding tert-OH is 1. The van der Waals surface area contributed by atoms with Gasteiger partial charge in [0.2, 0.25) is 0 Å². The van der Waals surface area contributed by atoms with Crippen LogP contribution in [0.25, 0.3) is 0 Å². The monoisotopic (exact) mass is 466 g/mol. The predicted octanol–water partition coefficient (Wildman–Crippen LogP) is 3.03. The fourth-order valence-electron chi connectivity index (χ4n) is 2.92. The zero-order valence-electron chi connectivity index (χ0n) is 15.0. The van der Waals surface area contributed by atoms with Crippen LogP contribution in [0.5, 0.6) is 0 Å². The van der Waals surface area contributed by atoms with Crippen LogP contribution in [0.3, 0.4) is 0 Å². The number of nitrogens with zero attached hydrogens (tertiary/aromatic N) is 2. The summed E-state index contributed by atoms with van der Waals surface area (Å²) in [6.07, 6.45) is 5.57. The average molecular weight is 466 g/mol. The van der Waals surface area contributed by atoms with Gasteiger partial charge in [0.25, 0.3) is 0 Å². The number of aromatic nitrogens is 1. The number of nitrogens with one attached hydrogen (secondary N) is 2. The Labute approximate surface area is 166 Å². The lowest BCUT2D eigenvalue weighted by atomic mass is 9.93. The maximum atomic E-state index is 9.60. The van der Waals surface area contributed by atoms with Gasteiger partial charge in [0, 0.05) is 30.4 Å². The molecule has 0 aliphatic heterocycles. The summed E-state index contributed by atoms with van der Waals surface area (Å²) in [6, 6.07) is 0.421. The van der Waals surface area contributed by atoms with Gasteiger partial charge in [0.1, 0.15) is 0 Å². The van der Waals surface area contributed by atoms with E-state index in [4.69, 9.17) is 0 Å². The summed E-state index contributed by atoms with van der Waals surface area (Å²) in [7, 11) is 0. The van der Waals surface area contributed by atoms with E-state index in [-0.39, 0.29) is 30.1 Å². The summed E-state index contributed by atoms with van der Waals surface area (Å²) in [5, 5.41) is 17.6.